The number of rotatable bonds is 3. The number of para-hydroxylation sites is 1. The molecule has 0 spiro atoms. The molecule has 0 saturated heterocycles. The van der Waals surface area contributed by atoms with Crippen molar-refractivity contribution in [1.82, 2.24) is 4.57 Å². The molecule has 1 heterocycles. The van der Waals surface area contributed by atoms with Gasteiger partial charge >= 0.3 is 0 Å². The van der Waals surface area contributed by atoms with E-state index >= 15 is 0 Å². The number of aromatic nitrogens is 1. The molecule has 0 aliphatic rings. The van der Waals surface area contributed by atoms with Gasteiger partial charge in [-0.1, -0.05) is 32.0 Å². The molecule has 0 radical (unpaired) electrons. The lowest BCUT2D eigenvalue weighted by atomic mass is 10.1. The third kappa shape index (κ3) is 1.75. The molecule has 2 heteroatoms. The fraction of sp³-hybridized carbons (Fsp3) is 0.357. The normalized spacial score (nSPS) is 10.9. The molecular formula is C14H17NO. The van der Waals surface area contributed by atoms with Gasteiger partial charge in [0.25, 0.3) is 0 Å². The fourth-order valence-electron chi connectivity index (χ4n) is 2.07. The highest BCUT2D eigenvalue weighted by atomic mass is 16.2. The Balaban J connectivity index is 2.57. The lowest BCUT2D eigenvalue weighted by Crippen LogP contribution is -2.08. The maximum Gasteiger partial charge on any atom is 0.231 e. The first-order valence-corrected chi connectivity index (χ1v) is 5.90. The zero-order valence-corrected chi connectivity index (χ0v) is 9.86. The molecule has 0 fully saturated rings. The van der Waals surface area contributed by atoms with Crippen LogP contribution in [0.1, 0.15) is 37.0 Å². The molecule has 0 bridgehead atoms. The summed E-state index contributed by atoms with van der Waals surface area (Å²) in [5, 5.41) is 1.20. The van der Waals surface area contributed by atoms with Gasteiger partial charge in [-0.05, 0) is 24.5 Å². The van der Waals surface area contributed by atoms with E-state index in [4.69, 9.17) is 0 Å². The van der Waals surface area contributed by atoms with Gasteiger partial charge in [0.05, 0.1) is 5.52 Å². The van der Waals surface area contributed by atoms with Crippen molar-refractivity contribution in [3.05, 3.63) is 36.0 Å². The second-order valence-corrected chi connectivity index (χ2v) is 4.04. The Morgan fingerprint density at radius 1 is 1.25 bits per heavy atom. The van der Waals surface area contributed by atoms with Gasteiger partial charge in [-0.2, -0.15) is 0 Å². The highest BCUT2D eigenvalue weighted by molar-refractivity contribution is 5.94. The SMILES string of the molecule is CCCC(=O)n1cc(CC)c2ccccc21. The Labute approximate surface area is 95.9 Å². The van der Waals surface area contributed by atoms with Crippen LogP contribution in [0.2, 0.25) is 0 Å². The highest BCUT2D eigenvalue weighted by Gasteiger charge is 2.11. The van der Waals surface area contributed by atoms with Crippen LogP contribution in [0.3, 0.4) is 0 Å². The van der Waals surface area contributed by atoms with Crippen LogP contribution in [0, 0.1) is 0 Å². The standard InChI is InChI=1S/C14H17NO/c1-3-7-14(16)15-10-11(4-2)12-8-5-6-9-13(12)15/h5-6,8-10H,3-4,7H2,1-2H3. The van der Waals surface area contributed by atoms with Gasteiger partial charge in [-0.25, -0.2) is 0 Å². The van der Waals surface area contributed by atoms with E-state index in [9.17, 15) is 4.79 Å². The molecule has 2 rings (SSSR count). The van der Waals surface area contributed by atoms with Gasteiger partial charge in [0.15, 0.2) is 0 Å². The highest BCUT2D eigenvalue weighted by Crippen LogP contribution is 2.22. The second-order valence-electron chi connectivity index (χ2n) is 4.04. The molecule has 16 heavy (non-hydrogen) atoms. The van der Waals surface area contributed by atoms with Gasteiger partial charge in [0.1, 0.15) is 0 Å². The lowest BCUT2D eigenvalue weighted by Gasteiger charge is -2.01. The largest absolute Gasteiger partial charge is 0.287 e. The molecule has 0 unspecified atom stereocenters. The number of aryl methyl sites for hydroxylation is 1. The molecule has 1 aromatic heterocycles. The average molecular weight is 215 g/mol. The molecular weight excluding hydrogens is 198 g/mol. The first kappa shape index (κ1) is 10.9. The molecule has 1 aromatic carbocycles. The summed E-state index contributed by atoms with van der Waals surface area (Å²) in [6.45, 7) is 4.15. The van der Waals surface area contributed by atoms with Crippen molar-refractivity contribution in [1.29, 1.82) is 0 Å². The van der Waals surface area contributed by atoms with E-state index in [0.717, 1.165) is 18.4 Å². The zero-order valence-electron chi connectivity index (χ0n) is 9.86. The monoisotopic (exact) mass is 215 g/mol. The van der Waals surface area contributed by atoms with Crippen molar-refractivity contribution in [3.63, 3.8) is 0 Å². The summed E-state index contributed by atoms with van der Waals surface area (Å²) < 4.78 is 1.80. The fourth-order valence-corrected chi connectivity index (χ4v) is 2.07. The van der Waals surface area contributed by atoms with Gasteiger partial charge in [0, 0.05) is 18.0 Å². The summed E-state index contributed by atoms with van der Waals surface area (Å²) in [4.78, 5) is 12.0. The molecule has 2 aromatic rings. The van der Waals surface area contributed by atoms with Crippen LogP contribution in [0.15, 0.2) is 30.5 Å². The number of nitrogens with zero attached hydrogens (tertiary/aromatic N) is 1. The third-order valence-electron chi connectivity index (χ3n) is 2.91. The van der Waals surface area contributed by atoms with Crippen LogP contribution < -0.4 is 0 Å². The van der Waals surface area contributed by atoms with Crippen LogP contribution in [0.4, 0.5) is 0 Å². The number of hydrogen-bond donors (Lipinski definition) is 0. The number of carbonyl (C=O) groups excluding carboxylic acids is 1. The summed E-state index contributed by atoms with van der Waals surface area (Å²) >= 11 is 0. The third-order valence-corrected chi connectivity index (χ3v) is 2.91. The van der Waals surface area contributed by atoms with Crippen molar-refractivity contribution >= 4 is 16.8 Å². The lowest BCUT2D eigenvalue weighted by molar-refractivity contribution is 0.0907. The maximum absolute atomic E-state index is 12.0. The van der Waals surface area contributed by atoms with Crippen LogP contribution >= 0.6 is 0 Å². The Morgan fingerprint density at radius 2 is 2.00 bits per heavy atom. The van der Waals surface area contributed by atoms with Crippen LogP contribution in [-0.4, -0.2) is 10.5 Å². The van der Waals surface area contributed by atoms with Crippen LogP contribution in [0.5, 0.6) is 0 Å². The average Bonchev–Trinajstić information content (AvgIpc) is 2.68. The Bertz CT molecular complexity index is 510. The summed E-state index contributed by atoms with van der Waals surface area (Å²) in [5.41, 5.74) is 2.29. The summed E-state index contributed by atoms with van der Waals surface area (Å²) in [6, 6.07) is 8.11. The zero-order chi connectivity index (χ0) is 11.5. The summed E-state index contributed by atoms with van der Waals surface area (Å²) in [7, 11) is 0. The van der Waals surface area contributed by atoms with E-state index < -0.39 is 0 Å². The van der Waals surface area contributed by atoms with Gasteiger partial charge in [-0.15, -0.1) is 0 Å². The molecule has 84 valence electrons. The van der Waals surface area contributed by atoms with E-state index in [1.165, 1.54) is 10.9 Å². The van der Waals surface area contributed by atoms with E-state index in [1.807, 2.05) is 31.3 Å². The maximum atomic E-state index is 12.0. The van der Waals surface area contributed by atoms with Crippen LogP contribution in [0.25, 0.3) is 10.9 Å². The van der Waals surface area contributed by atoms with Crippen LogP contribution in [-0.2, 0) is 6.42 Å². The predicted octanol–water partition coefficient (Wildman–Crippen LogP) is 3.64. The first-order valence-electron chi connectivity index (χ1n) is 5.90. The molecule has 0 amide bonds. The van der Waals surface area contributed by atoms with Crippen molar-refractivity contribution < 1.29 is 4.79 Å². The summed E-state index contributed by atoms with van der Waals surface area (Å²) in [5.74, 6) is 0.193. The van der Waals surface area contributed by atoms with E-state index in [-0.39, 0.29) is 5.91 Å². The minimum atomic E-state index is 0.193. The number of carbonyl (C=O) groups is 1. The molecule has 0 aliphatic carbocycles. The smallest absolute Gasteiger partial charge is 0.231 e. The predicted molar refractivity (Wildman–Crippen MR) is 66.9 cm³/mol. The quantitative estimate of drug-likeness (QED) is 0.766. The molecule has 0 N–H and O–H groups in total. The topological polar surface area (TPSA) is 22.0 Å². The number of benzene rings is 1. The molecule has 0 saturated carbocycles. The second kappa shape index (κ2) is 4.52. The Hall–Kier alpha value is -1.57. The Morgan fingerprint density at radius 3 is 2.69 bits per heavy atom. The minimum absolute atomic E-state index is 0.193. The first-order chi connectivity index (χ1) is 7.77. The van der Waals surface area contributed by atoms with Crippen molar-refractivity contribution in [2.75, 3.05) is 0 Å². The van der Waals surface area contributed by atoms with Gasteiger partial charge < -0.3 is 0 Å². The van der Waals surface area contributed by atoms with E-state index in [1.54, 1.807) is 4.57 Å². The number of hydrogen-bond acceptors (Lipinski definition) is 1. The van der Waals surface area contributed by atoms with Gasteiger partial charge in [-0.3, -0.25) is 9.36 Å². The van der Waals surface area contributed by atoms with Crippen molar-refractivity contribution in [3.8, 4) is 0 Å². The molecule has 2 nitrogen and oxygen atoms in total. The van der Waals surface area contributed by atoms with Crippen molar-refractivity contribution in [2.45, 2.75) is 33.1 Å². The molecule has 0 atom stereocenters. The molecule has 0 aliphatic heterocycles. The Kier molecular flexibility index (Phi) is 3.09. The van der Waals surface area contributed by atoms with Crippen molar-refractivity contribution in [2.24, 2.45) is 0 Å². The van der Waals surface area contributed by atoms with E-state index in [2.05, 4.69) is 13.0 Å². The number of fused-ring (bicyclic) bond motifs is 1. The minimum Gasteiger partial charge on any atom is -0.287 e. The van der Waals surface area contributed by atoms with Gasteiger partial charge in [0.2, 0.25) is 5.91 Å². The van der Waals surface area contributed by atoms with E-state index in [0.29, 0.717) is 6.42 Å². The summed E-state index contributed by atoms with van der Waals surface area (Å²) in [6.07, 6.45) is 4.46.